The third kappa shape index (κ3) is 2.66. The van der Waals surface area contributed by atoms with E-state index in [2.05, 4.69) is 0 Å². The summed E-state index contributed by atoms with van der Waals surface area (Å²) in [5.41, 5.74) is -0.997. The fourth-order valence-electron chi connectivity index (χ4n) is 2.13. The molecule has 0 heterocycles. The van der Waals surface area contributed by atoms with E-state index in [1.807, 2.05) is 6.92 Å². The molecule has 0 aromatic heterocycles. The molecule has 0 bridgehead atoms. The largest absolute Gasteiger partial charge is 0.324 e. The van der Waals surface area contributed by atoms with Gasteiger partial charge in [-0.2, -0.15) is 4.39 Å². The quantitative estimate of drug-likeness (QED) is 0.615. The van der Waals surface area contributed by atoms with Crippen LogP contribution in [-0.2, 0) is 10.0 Å². The highest BCUT2D eigenvalue weighted by Crippen LogP contribution is 2.39. The number of nitro groups is 1. The predicted molar refractivity (Wildman–Crippen MR) is 70.1 cm³/mol. The monoisotopic (exact) mass is 302 g/mol. The molecule has 0 saturated heterocycles. The Kier molecular flexibility index (Phi) is 3.79. The summed E-state index contributed by atoms with van der Waals surface area (Å²) < 4.78 is 39.2. The Morgan fingerprint density at radius 2 is 2.10 bits per heavy atom. The van der Waals surface area contributed by atoms with Gasteiger partial charge in [0.05, 0.1) is 4.92 Å². The van der Waals surface area contributed by atoms with Crippen molar-refractivity contribution in [3.63, 3.8) is 0 Å². The number of nitro benzene ring substituents is 1. The third-order valence-electron chi connectivity index (χ3n) is 3.59. The summed E-state index contributed by atoms with van der Waals surface area (Å²) in [5.74, 6) is -0.429. The van der Waals surface area contributed by atoms with Gasteiger partial charge in [-0.1, -0.05) is 13.0 Å². The molecular weight excluding hydrogens is 287 g/mol. The van der Waals surface area contributed by atoms with Crippen molar-refractivity contribution in [2.24, 2.45) is 11.8 Å². The molecule has 1 saturated carbocycles. The summed E-state index contributed by atoms with van der Waals surface area (Å²) in [6.45, 7) is 2.30. The second-order valence-corrected chi connectivity index (χ2v) is 7.12. The summed E-state index contributed by atoms with van der Waals surface area (Å²) in [7, 11) is -2.71. The van der Waals surface area contributed by atoms with Gasteiger partial charge in [0.1, 0.15) is 0 Å². The smallest absolute Gasteiger partial charge is 0.258 e. The zero-order chi connectivity index (χ0) is 15.1. The van der Waals surface area contributed by atoms with Crippen LogP contribution in [0.1, 0.15) is 13.3 Å². The Hall–Kier alpha value is -1.54. The maximum Gasteiger partial charge on any atom is 0.324 e. The molecule has 1 aromatic carbocycles. The van der Waals surface area contributed by atoms with Crippen molar-refractivity contribution in [2.75, 3.05) is 13.6 Å². The maximum atomic E-state index is 13.5. The molecule has 6 nitrogen and oxygen atoms in total. The molecule has 110 valence electrons. The number of hydrogen-bond acceptors (Lipinski definition) is 4. The van der Waals surface area contributed by atoms with Crippen molar-refractivity contribution in [1.29, 1.82) is 0 Å². The minimum atomic E-state index is -4.06. The first-order valence-electron chi connectivity index (χ1n) is 6.14. The second kappa shape index (κ2) is 5.10. The van der Waals surface area contributed by atoms with Gasteiger partial charge in [0.15, 0.2) is 4.90 Å². The van der Waals surface area contributed by atoms with Gasteiger partial charge in [-0.25, -0.2) is 12.7 Å². The van der Waals surface area contributed by atoms with Crippen molar-refractivity contribution < 1.29 is 17.7 Å². The van der Waals surface area contributed by atoms with Crippen LogP contribution >= 0.6 is 0 Å². The lowest BCUT2D eigenvalue weighted by atomic mass is 10.3. The predicted octanol–water partition coefficient (Wildman–Crippen LogP) is 2.01. The SMILES string of the molecule is CC1CC1CN(C)S(=O)(=O)c1cccc(F)c1[N+](=O)[O-]. The minimum Gasteiger partial charge on any atom is -0.258 e. The molecule has 2 unspecified atom stereocenters. The van der Waals surface area contributed by atoms with Crippen molar-refractivity contribution in [3.05, 3.63) is 34.1 Å². The van der Waals surface area contributed by atoms with Gasteiger partial charge >= 0.3 is 5.69 Å². The molecule has 0 amide bonds. The van der Waals surface area contributed by atoms with Gasteiger partial charge in [0.2, 0.25) is 15.8 Å². The lowest BCUT2D eigenvalue weighted by Crippen LogP contribution is -2.30. The van der Waals surface area contributed by atoms with E-state index in [0.717, 1.165) is 28.9 Å². The van der Waals surface area contributed by atoms with Crippen molar-refractivity contribution in [1.82, 2.24) is 4.31 Å². The highest BCUT2D eigenvalue weighted by molar-refractivity contribution is 7.89. The standard InChI is InChI=1S/C12H15FN2O4S/c1-8-6-9(8)7-14(2)20(18,19)11-5-3-4-10(13)12(11)15(16)17/h3-5,8-9H,6-7H2,1-2H3. The number of nitrogens with zero attached hydrogens (tertiary/aromatic N) is 2. The second-order valence-electron chi connectivity index (χ2n) is 5.10. The molecule has 0 N–H and O–H groups in total. The van der Waals surface area contributed by atoms with E-state index in [4.69, 9.17) is 0 Å². The Balaban J connectivity index is 2.38. The lowest BCUT2D eigenvalue weighted by molar-refractivity contribution is -0.390. The lowest BCUT2D eigenvalue weighted by Gasteiger charge is -2.17. The third-order valence-corrected chi connectivity index (χ3v) is 5.44. The van der Waals surface area contributed by atoms with Crippen LogP contribution < -0.4 is 0 Å². The van der Waals surface area contributed by atoms with Crippen LogP contribution in [0.15, 0.2) is 23.1 Å². The molecule has 0 radical (unpaired) electrons. The van der Waals surface area contributed by atoms with Crippen LogP contribution in [0.4, 0.5) is 10.1 Å². The number of hydrogen-bond donors (Lipinski definition) is 0. The summed E-state index contributed by atoms with van der Waals surface area (Å²) in [5, 5.41) is 10.9. The topological polar surface area (TPSA) is 80.5 Å². The first-order chi connectivity index (χ1) is 9.25. The molecule has 2 rings (SSSR count). The normalized spacial score (nSPS) is 22.0. The van der Waals surface area contributed by atoms with Crippen LogP contribution in [0.3, 0.4) is 0 Å². The fourth-order valence-corrected chi connectivity index (χ4v) is 3.52. The number of rotatable bonds is 5. The average molecular weight is 302 g/mol. The highest BCUT2D eigenvalue weighted by Gasteiger charge is 2.38. The molecular formula is C12H15FN2O4S. The number of para-hydroxylation sites is 1. The molecule has 1 aliphatic carbocycles. The minimum absolute atomic E-state index is 0.266. The van der Waals surface area contributed by atoms with Crippen LogP contribution in [0.25, 0.3) is 0 Å². The summed E-state index contributed by atoms with van der Waals surface area (Å²) in [6, 6.07) is 3.09. The van der Waals surface area contributed by atoms with E-state index in [1.54, 1.807) is 0 Å². The molecule has 20 heavy (non-hydrogen) atoms. The van der Waals surface area contributed by atoms with Gasteiger partial charge in [0, 0.05) is 13.6 Å². The molecule has 0 spiro atoms. The molecule has 0 aliphatic heterocycles. The van der Waals surface area contributed by atoms with E-state index >= 15 is 0 Å². The van der Waals surface area contributed by atoms with Crippen LogP contribution in [0.2, 0.25) is 0 Å². The zero-order valence-corrected chi connectivity index (χ0v) is 11.9. The average Bonchev–Trinajstić information content (AvgIpc) is 3.03. The molecule has 2 atom stereocenters. The van der Waals surface area contributed by atoms with Crippen molar-refractivity contribution >= 4 is 15.7 Å². The van der Waals surface area contributed by atoms with E-state index in [1.165, 1.54) is 7.05 Å². The number of benzene rings is 1. The summed E-state index contributed by atoms with van der Waals surface area (Å²) in [4.78, 5) is 9.28. The van der Waals surface area contributed by atoms with Crippen molar-refractivity contribution in [3.8, 4) is 0 Å². The van der Waals surface area contributed by atoms with Gasteiger partial charge in [-0.15, -0.1) is 0 Å². The summed E-state index contributed by atoms with van der Waals surface area (Å²) in [6.07, 6.45) is 0.936. The van der Waals surface area contributed by atoms with E-state index in [9.17, 15) is 22.9 Å². The first kappa shape index (κ1) is 14.9. The van der Waals surface area contributed by atoms with Gasteiger partial charge in [-0.05, 0) is 30.4 Å². The number of halogens is 1. The highest BCUT2D eigenvalue weighted by atomic mass is 32.2. The van der Waals surface area contributed by atoms with E-state index in [0.29, 0.717) is 5.92 Å². The van der Waals surface area contributed by atoms with Gasteiger partial charge in [-0.3, -0.25) is 10.1 Å². The van der Waals surface area contributed by atoms with Crippen LogP contribution in [0, 0.1) is 27.8 Å². The van der Waals surface area contributed by atoms with Crippen LogP contribution in [-0.4, -0.2) is 31.2 Å². The van der Waals surface area contributed by atoms with Gasteiger partial charge < -0.3 is 0 Å². The Morgan fingerprint density at radius 3 is 2.60 bits per heavy atom. The molecule has 1 fully saturated rings. The maximum absolute atomic E-state index is 13.5. The molecule has 8 heteroatoms. The van der Waals surface area contributed by atoms with Gasteiger partial charge in [0.25, 0.3) is 0 Å². The molecule has 1 aliphatic rings. The van der Waals surface area contributed by atoms with Crippen LogP contribution in [0.5, 0.6) is 0 Å². The first-order valence-corrected chi connectivity index (χ1v) is 7.58. The fraction of sp³-hybridized carbons (Fsp3) is 0.500. The summed E-state index contributed by atoms with van der Waals surface area (Å²) >= 11 is 0. The van der Waals surface area contributed by atoms with E-state index < -0.39 is 31.3 Å². The Morgan fingerprint density at radius 1 is 1.50 bits per heavy atom. The Bertz CT molecular complexity index is 647. The van der Waals surface area contributed by atoms with Crippen molar-refractivity contribution in [2.45, 2.75) is 18.2 Å². The zero-order valence-electron chi connectivity index (χ0n) is 11.1. The van der Waals surface area contributed by atoms with E-state index in [-0.39, 0.29) is 12.5 Å². The molecule has 1 aromatic rings. The number of sulfonamides is 1. The Labute approximate surface area is 116 Å².